The third-order valence-corrected chi connectivity index (χ3v) is 9.21. The van der Waals surface area contributed by atoms with Crippen LogP contribution in [0.3, 0.4) is 0 Å². The van der Waals surface area contributed by atoms with Crippen LogP contribution in [0.2, 0.25) is 0 Å². The molecule has 1 saturated heterocycles. The molecule has 0 aliphatic carbocycles. The van der Waals surface area contributed by atoms with Crippen LogP contribution in [0.5, 0.6) is 0 Å². The summed E-state index contributed by atoms with van der Waals surface area (Å²) < 4.78 is 34.4. The van der Waals surface area contributed by atoms with Crippen molar-refractivity contribution in [2.24, 2.45) is 5.92 Å². The Kier molecular flexibility index (Phi) is 7.71. The number of aromatic nitrogens is 1. The largest absolute Gasteiger partial charge is 0.355 e. The number of nitrogens with zero attached hydrogens (tertiary/aromatic N) is 2. The molecule has 1 N–H and O–H groups in total. The van der Waals surface area contributed by atoms with Crippen LogP contribution in [-0.4, -0.2) is 36.9 Å². The predicted molar refractivity (Wildman–Crippen MR) is 147 cm³/mol. The number of amides is 1. The minimum atomic E-state index is -3.92. The maximum atomic E-state index is 13.8. The van der Waals surface area contributed by atoms with E-state index >= 15 is 0 Å². The van der Waals surface area contributed by atoms with E-state index in [2.05, 4.69) is 22.6 Å². The smallest absolute Gasteiger partial charge is 0.248 e. The Morgan fingerprint density at radius 1 is 1.05 bits per heavy atom. The van der Waals surface area contributed by atoms with Crippen molar-refractivity contribution in [3.63, 3.8) is 0 Å². The summed E-state index contributed by atoms with van der Waals surface area (Å²) in [4.78, 5) is 13.2. The van der Waals surface area contributed by atoms with Crippen molar-refractivity contribution in [3.8, 4) is 0 Å². The summed E-state index contributed by atoms with van der Waals surface area (Å²) in [6, 6.07) is 9.95. The number of carbonyl (C=O) groups is 1. The van der Waals surface area contributed by atoms with Gasteiger partial charge >= 0.3 is 0 Å². The first-order valence-corrected chi connectivity index (χ1v) is 14.0. The van der Waals surface area contributed by atoms with Gasteiger partial charge in [-0.3, -0.25) is 4.79 Å². The molecule has 1 aliphatic heterocycles. The summed E-state index contributed by atoms with van der Waals surface area (Å²) in [5, 5.41) is 6.97. The Balaban J connectivity index is 1.57. The maximum absolute atomic E-state index is 13.8. The van der Waals surface area contributed by atoms with Crippen LogP contribution in [-0.2, 0) is 14.8 Å². The first-order chi connectivity index (χ1) is 17.5. The summed E-state index contributed by atoms with van der Waals surface area (Å²) >= 11 is 0. The van der Waals surface area contributed by atoms with E-state index in [1.165, 1.54) is 9.87 Å². The molecule has 2 aromatic carbocycles. The lowest BCUT2D eigenvalue weighted by Gasteiger charge is -2.31. The SMILES string of the molecule is Cc1cc(C)c(/C=C/c2onc(C)c2S(=O)(=O)N2CCC[C@@H](C(=O)Nc3cccc(C)c3C)C2)c(C)c1. The van der Waals surface area contributed by atoms with Crippen molar-refractivity contribution in [2.45, 2.75) is 59.3 Å². The molecule has 8 heteroatoms. The quantitative estimate of drug-likeness (QED) is 0.447. The topological polar surface area (TPSA) is 92.5 Å². The Bertz CT molecular complexity index is 1450. The van der Waals surface area contributed by atoms with Crippen LogP contribution in [0.25, 0.3) is 12.2 Å². The summed E-state index contributed by atoms with van der Waals surface area (Å²) in [5.41, 5.74) is 7.55. The Hall–Kier alpha value is -3.23. The van der Waals surface area contributed by atoms with Crippen molar-refractivity contribution in [1.82, 2.24) is 9.46 Å². The molecule has 4 rings (SSSR count). The van der Waals surface area contributed by atoms with Gasteiger partial charge in [-0.05, 0) is 94.3 Å². The third-order valence-electron chi connectivity index (χ3n) is 7.19. The van der Waals surface area contributed by atoms with Crippen molar-refractivity contribution in [3.05, 3.63) is 75.2 Å². The van der Waals surface area contributed by atoms with Gasteiger partial charge in [0.15, 0.2) is 10.7 Å². The van der Waals surface area contributed by atoms with Gasteiger partial charge in [-0.2, -0.15) is 4.31 Å². The van der Waals surface area contributed by atoms with Crippen molar-refractivity contribution < 1.29 is 17.7 Å². The molecule has 1 aromatic heterocycles. The number of hydrogen-bond donors (Lipinski definition) is 1. The van der Waals surface area contributed by atoms with Crippen molar-refractivity contribution >= 4 is 33.8 Å². The van der Waals surface area contributed by atoms with Crippen LogP contribution >= 0.6 is 0 Å². The molecule has 3 aromatic rings. The van der Waals surface area contributed by atoms with Gasteiger partial charge in [0.1, 0.15) is 5.69 Å². The standard InChI is InChI=1S/C29H35N3O4S/c1-18-15-20(3)25(21(4)16-18)12-13-27-28(23(6)31-36-27)37(34,35)32-14-8-10-24(17-32)29(33)30-26-11-7-9-19(2)22(26)5/h7,9,11-13,15-16,24H,8,10,14,17H2,1-6H3,(H,30,33)/b13-12+/t24-/m1/s1. The van der Waals surface area contributed by atoms with Crippen molar-refractivity contribution in [2.75, 3.05) is 18.4 Å². The Morgan fingerprint density at radius 3 is 2.46 bits per heavy atom. The highest BCUT2D eigenvalue weighted by Gasteiger charge is 2.37. The normalized spacial score (nSPS) is 16.9. The first kappa shape index (κ1) is 26.8. The van der Waals surface area contributed by atoms with E-state index < -0.39 is 15.9 Å². The molecule has 37 heavy (non-hydrogen) atoms. The van der Waals surface area contributed by atoms with Gasteiger partial charge in [-0.25, -0.2) is 8.42 Å². The third kappa shape index (κ3) is 5.55. The number of nitrogens with one attached hydrogen (secondary N) is 1. The number of benzene rings is 2. The molecule has 1 aliphatic rings. The highest BCUT2D eigenvalue weighted by Crippen LogP contribution is 2.30. The monoisotopic (exact) mass is 521 g/mol. The fraction of sp³-hybridized carbons (Fsp3) is 0.379. The van der Waals surface area contributed by atoms with Gasteiger partial charge in [0.05, 0.1) is 5.92 Å². The molecule has 0 bridgehead atoms. The minimum Gasteiger partial charge on any atom is -0.355 e. The van der Waals surface area contributed by atoms with E-state index in [-0.39, 0.29) is 23.1 Å². The highest BCUT2D eigenvalue weighted by atomic mass is 32.2. The fourth-order valence-corrected chi connectivity index (χ4v) is 6.81. The summed E-state index contributed by atoms with van der Waals surface area (Å²) in [6.07, 6.45) is 4.78. The number of rotatable bonds is 6. The highest BCUT2D eigenvalue weighted by molar-refractivity contribution is 7.89. The van der Waals surface area contributed by atoms with Crippen LogP contribution in [0, 0.1) is 47.5 Å². The average molecular weight is 522 g/mol. The molecule has 1 amide bonds. The molecule has 0 spiro atoms. The maximum Gasteiger partial charge on any atom is 0.248 e. The van der Waals surface area contributed by atoms with E-state index in [1.807, 2.05) is 58.9 Å². The summed E-state index contributed by atoms with van der Waals surface area (Å²) in [7, 11) is -3.92. The zero-order valence-electron chi connectivity index (χ0n) is 22.4. The van der Waals surface area contributed by atoms with Gasteiger partial charge in [-0.1, -0.05) is 41.1 Å². The van der Waals surface area contributed by atoms with Crippen LogP contribution in [0.4, 0.5) is 5.69 Å². The van der Waals surface area contributed by atoms with Gasteiger partial charge in [0, 0.05) is 18.8 Å². The Labute approximate surface area is 219 Å². The number of sulfonamides is 1. The molecule has 1 fully saturated rings. The lowest BCUT2D eigenvalue weighted by molar-refractivity contribution is -0.120. The van der Waals surface area contributed by atoms with Gasteiger partial charge < -0.3 is 9.84 Å². The van der Waals surface area contributed by atoms with Gasteiger partial charge in [-0.15, -0.1) is 0 Å². The zero-order chi connectivity index (χ0) is 26.9. The number of piperidine rings is 1. The van der Waals surface area contributed by atoms with E-state index in [0.29, 0.717) is 25.1 Å². The Morgan fingerprint density at radius 2 is 1.76 bits per heavy atom. The molecular weight excluding hydrogens is 486 g/mol. The second kappa shape index (κ2) is 10.6. The predicted octanol–water partition coefficient (Wildman–Crippen LogP) is 5.73. The van der Waals surface area contributed by atoms with E-state index in [0.717, 1.165) is 33.5 Å². The van der Waals surface area contributed by atoms with Crippen LogP contribution in [0.1, 0.15) is 57.7 Å². The lowest BCUT2D eigenvalue weighted by atomic mass is 9.98. The zero-order valence-corrected chi connectivity index (χ0v) is 23.2. The number of hydrogen-bond acceptors (Lipinski definition) is 5. The van der Waals surface area contributed by atoms with E-state index in [1.54, 1.807) is 13.0 Å². The van der Waals surface area contributed by atoms with E-state index in [4.69, 9.17) is 4.52 Å². The molecule has 0 radical (unpaired) electrons. The van der Waals surface area contributed by atoms with Crippen LogP contribution < -0.4 is 5.32 Å². The number of carbonyl (C=O) groups excluding carboxylic acids is 1. The molecule has 0 unspecified atom stereocenters. The van der Waals surface area contributed by atoms with Gasteiger partial charge in [0.25, 0.3) is 0 Å². The number of aryl methyl sites for hydroxylation is 5. The molecule has 0 saturated carbocycles. The van der Waals surface area contributed by atoms with Crippen molar-refractivity contribution in [1.29, 1.82) is 0 Å². The molecular formula is C29H35N3O4S. The lowest BCUT2D eigenvalue weighted by Crippen LogP contribution is -2.44. The summed E-state index contributed by atoms with van der Waals surface area (Å²) in [5.74, 6) is -0.416. The fourth-order valence-electron chi connectivity index (χ4n) is 5.04. The molecule has 7 nitrogen and oxygen atoms in total. The number of anilines is 1. The average Bonchev–Trinajstić information content (AvgIpc) is 3.22. The second-order valence-electron chi connectivity index (χ2n) is 10.0. The summed E-state index contributed by atoms with van der Waals surface area (Å²) in [6.45, 7) is 12.2. The van der Waals surface area contributed by atoms with Crippen LogP contribution in [0.15, 0.2) is 39.8 Å². The van der Waals surface area contributed by atoms with Gasteiger partial charge in [0.2, 0.25) is 15.9 Å². The second-order valence-corrected chi connectivity index (χ2v) is 11.9. The molecule has 1 atom stereocenters. The minimum absolute atomic E-state index is 0.0572. The van der Waals surface area contributed by atoms with E-state index in [9.17, 15) is 13.2 Å². The molecule has 196 valence electrons. The first-order valence-electron chi connectivity index (χ1n) is 12.6. The molecule has 2 heterocycles.